The Bertz CT molecular complexity index is 563. The first-order valence-corrected chi connectivity index (χ1v) is 5.36. The van der Waals surface area contributed by atoms with Crippen LogP contribution >= 0.6 is 11.6 Å². The van der Waals surface area contributed by atoms with Crippen LogP contribution in [0.5, 0.6) is 0 Å². The molecule has 0 aliphatic rings. The van der Waals surface area contributed by atoms with Crippen LogP contribution in [0.4, 0.5) is 11.4 Å². The fourth-order valence-corrected chi connectivity index (χ4v) is 1.56. The van der Waals surface area contributed by atoms with Gasteiger partial charge in [-0.25, -0.2) is 0 Å². The molecular formula is C12H11ClN2O2. The predicted molar refractivity (Wildman–Crippen MR) is 67.3 cm³/mol. The van der Waals surface area contributed by atoms with Crippen LogP contribution in [0.2, 0.25) is 5.02 Å². The molecule has 1 aromatic heterocycles. The van der Waals surface area contributed by atoms with Crippen molar-refractivity contribution in [3.8, 4) is 0 Å². The van der Waals surface area contributed by atoms with Crippen LogP contribution in [0.1, 0.15) is 16.1 Å². The summed E-state index contributed by atoms with van der Waals surface area (Å²) < 4.78 is 5.06. The minimum absolute atomic E-state index is 0.238. The molecule has 0 unspecified atom stereocenters. The average Bonchev–Trinajstić information content (AvgIpc) is 2.70. The topological polar surface area (TPSA) is 68.3 Å². The van der Waals surface area contributed by atoms with Crippen molar-refractivity contribution in [1.82, 2.24) is 0 Å². The Morgan fingerprint density at radius 3 is 2.76 bits per heavy atom. The highest BCUT2D eigenvalue weighted by molar-refractivity contribution is 6.33. The highest BCUT2D eigenvalue weighted by atomic mass is 35.5. The van der Waals surface area contributed by atoms with E-state index in [1.165, 1.54) is 6.26 Å². The molecule has 0 atom stereocenters. The van der Waals surface area contributed by atoms with Crippen molar-refractivity contribution < 1.29 is 9.21 Å². The van der Waals surface area contributed by atoms with Gasteiger partial charge in [-0.2, -0.15) is 0 Å². The van der Waals surface area contributed by atoms with Gasteiger partial charge in [-0.3, -0.25) is 4.79 Å². The number of hydrogen-bond acceptors (Lipinski definition) is 3. The first-order chi connectivity index (χ1) is 8.08. The van der Waals surface area contributed by atoms with Crippen LogP contribution < -0.4 is 11.1 Å². The molecule has 0 fully saturated rings. The summed E-state index contributed by atoms with van der Waals surface area (Å²) in [5.41, 5.74) is 7.16. The number of amides is 1. The summed E-state index contributed by atoms with van der Waals surface area (Å²) in [6, 6.07) is 6.54. The van der Waals surface area contributed by atoms with Crippen LogP contribution in [-0.4, -0.2) is 5.91 Å². The molecule has 2 rings (SSSR count). The molecule has 88 valence electrons. The van der Waals surface area contributed by atoms with Gasteiger partial charge in [0.15, 0.2) is 0 Å². The molecule has 0 aliphatic carbocycles. The number of carbonyl (C=O) groups excluding carboxylic acids is 1. The van der Waals surface area contributed by atoms with Gasteiger partial charge >= 0.3 is 0 Å². The number of nitrogens with one attached hydrogen (secondary N) is 1. The number of nitrogen functional groups attached to an aromatic ring is 1. The molecule has 17 heavy (non-hydrogen) atoms. The predicted octanol–water partition coefficient (Wildman–Crippen LogP) is 3.08. The first-order valence-electron chi connectivity index (χ1n) is 4.98. The summed E-state index contributed by atoms with van der Waals surface area (Å²) in [6.45, 7) is 1.73. The van der Waals surface area contributed by atoms with Crippen molar-refractivity contribution in [2.45, 2.75) is 6.92 Å². The van der Waals surface area contributed by atoms with Gasteiger partial charge in [0, 0.05) is 5.69 Å². The maximum absolute atomic E-state index is 11.8. The molecule has 1 amide bonds. The zero-order valence-corrected chi connectivity index (χ0v) is 9.91. The molecule has 0 radical (unpaired) electrons. The third-order valence-corrected chi connectivity index (χ3v) is 2.70. The second kappa shape index (κ2) is 4.51. The molecule has 0 spiro atoms. The summed E-state index contributed by atoms with van der Waals surface area (Å²) in [5, 5.41) is 3.18. The van der Waals surface area contributed by atoms with Gasteiger partial charge < -0.3 is 15.5 Å². The van der Waals surface area contributed by atoms with Gasteiger partial charge in [0.2, 0.25) is 0 Å². The van der Waals surface area contributed by atoms with E-state index in [0.29, 0.717) is 27.7 Å². The van der Waals surface area contributed by atoms with Crippen molar-refractivity contribution in [2.75, 3.05) is 11.1 Å². The number of carbonyl (C=O) groups is 1. The number of rotatable bonds is 2. The van der Waals surface area contributed by atoms with Gasteiger partial charge in [0.05, 0.1) is 22.5 Å². The highest BCUT2D eigenvalue weighted by Crippen LogP contribution is 2.23. The fourth-order valence-electron chi connectivity index (χ4n) is 1.44. The fraction of sp³-hybridized carbons (Fsp3) is 0.0833. The van der Waals surface area contributed by atoms with E-state index in [2.05, 4.69) is 5.32 Å². The Balaban J connectivity index is 2.19. The highest BCUT2D eigenvalue weighted by Gasteiger charge is 2.11. The number of anilines is 2. The normalized spacial score (nSPS) is 10.2. The van der Waals surface area contributed by atoms with E-state index in [1.54, 1.807) is 31.2 Å². The summed E-state index contributed by atoms with van der Waals surface area (Å²) in [4.78, 5) is 11.8. The summed E-state index contributed by atoms with van der Waals surface area (Å²) in [6.07, 6.45) is 1.47. The lowest BCUT2D eigenvalue weighted by Crippen LogP contribution is -2.12. The molecule has 0 bridgehead atoms. The molecule has 1 heterocycles. The van der Waals surface area contributed by atoms with Crippen LogP contribution in [0, 0.1) is 6.92 Å². The van der Waals surface area contributed by atoms with E-state index in [4.69, 9.17) is 21.8 Å². The number of benzene rings is 1. The molecule has 4 nitrogen and oxygen atoms in total. The van der Waals surface area contributed by atoms with Crippen molar-refractivity contribution in [3.05, 3.63) is 46.9 Å². The molecule has 3 N–H and O–H groups in total. The van der Waals surface area contributed by atoms with Crippen LogP contribution in [0.25, 0.3) is 0 Å². The van der Waals surface area contributed by atoms with Gasteiger partial charge in [-0.1, -0.05) is 11.6 Å². The average molecular weight is 251 g/mol. The SMILES string of the molecule is Cc1occc1C(=O)Nc1ccc(Cl)c(N)c1. The Morgan fingerprint density at radius 2 is 2.18 bits per heavy atom. The zero-order chi connectivity index (χ0) is 12.4. The van der Waals surface area contributed by atoms with Crippen LogP contribution in [-0.2, 0) is 0 Å². The van der Waals surface area contributed by atoms with Crippen molar-refractivity contribution in [1.29, 1.82) is 0 Å². The Morgan fingerprint density at radius 1 is 1.41 bits per heavy atom. The molecule has 5 heteroatoms. The number of nitrogens with two attached hydrogens (primary N) is 1. The Kier molecular flexibility index (Phi) is 3.06. The van der Waals surface area contributed by atoms with Gasteiger partial charge in [-0.05, 0) is 31.2 Å². The smallest absolute Gasteiger partial charge is 0.259 e. The molecule has 0 aliphatic heterocycles. The third-order valence-electron chi connectivity index (χ3n) is 2.36. The molecular weight excluding hydrogens is 240 g/mol. The lowest BCUT2D eigenvalue weighted by Gasteiger charge is -2.06. The molecule has 1 aromatic carbocycles. The summed E-state index contributed by atoms with van der Waals surface area (Å²) >= 11 is 5.79. The van der Waals surface area contributed by atoms with E-state index >= 15 is 0 Å². The maximum atomic E-state index is 11.8. The van der Waals surface area contributed by atoms with Crippen LogP contribution in [0.15, 0.2) is 34.9 Å². The monoisotopic (exact) mass is 250 g/mol. The maximum Gasteiger partial charge on any atom is 0.259 e. The minimum Gasteiger partial charge on any atom is -0.469 e. The van der Waals surface area contributed by atoms with E-state index in [9.17, 15) is 4.79 Å². The number of halogens is 1. The third kappa shape index (κ3) is 2.42. The number of hydrogen-bond donors (Lipinski definition) is 2. The summed E-state index contributed by atoms with van der Waals surface area (Å²) in [7, 11) is 0. The van der Waals surface area contributed by atoms with Gasteiger partial charge in [0.1, 0.15) is 5.76 Å². The van der Waals surface area contributed by atoms with E-state index in [-0.39, 0.29) is 5.91 Å². The van der Waals surface area contributed by atoms with E-state index in [1.807, 2.05) is 0 Å². The lowest BCUT2D eigenvalue weighted by atomic mass is 10.2. The first kappa shape index (κ1) is 11.5. The number of aryl methyl sites for hydroxylation is 1. The minimum atomic E-state index is -0.238. The molecule has 0 saturated heterocycles. The largest absolute Gasteiger partial charge is 0.469 e. The lowest BCUT2D eigenvalue weighted by molar-refractivity contribution is 0.102. The second-order valence-electron chi connectivity index (χ2n) is 3.58. The molecule has 0 saturated carbocycles. The molecule has 2 aromatic rings. The standard InChI is InChI=1S/C12H11ClN2O2/c1-7-9(4-5-17-7)12(16)15-8-2-3-10(13)11(14)6-8/h2-6H,14H2,1H3,(H,15,16). The van der Waals surface area contributed by atoms with Crippen molar-refractivity contribution >= 4 is 28.9 Å². The Labute approximate surface area is 103 Å². The zero-order valence-electron chi connectivity index (χ0n) is 9.16. The van der Waals surface area contributed by atoms with Crippen molar-refractivity contribution in [2.24, 2.45) is 0 Å². The van der Waals surface area contributed by atoms with Crippen LogP contribution in [0.3, 0.4) is 0 Å². The van der Waals surface area contributed by atoms with Crippen molar-refractivity contribution in [3.63, 3.8) is 0 Å². The summed E-state index contributed by atoms with van der Waals surface area (Å²) in [5.74, 6) is 0.336. The van der Waals surface area contributed by atoms with Gasteiger partial charge in [0.25, 0.3) is 5.91 Å². The van der Waals surface area contributed by atoms with E-state index in [0.717, 1.165) is 0 Å². The second-order valence-corrected chi connectivity index (χ2v) is 3.99. The van der Waals surface area contributed by atoms with Gasteiger partial charge in [-0.15, -0.1) is 0 Å². The quantitative estimate of drug-likeness (QED) is 0.805. The van der Waals surface area contributed by atoms with E-state index < -0.39 is 0 Å². The Hall–Kier alpha value is -1.94. The number of furan rings is 1.